The first-order valence-corrected chi connectivity index (χ1v) is 6.99. The number of carbonyl (C=O) groups excluding carboxylic acids is 1. The standard InChI is InChI=1S/C15H20N2O2/c16-12-8-11-4-1-2-6-14(11)17(10-12)15(18)9-13-5-3-7-19-13/h1-2,4,6,12-13H,3,5,7-10,16H2. The lowest BCUT2D eigenvalue weighted by Crippen LogP contribution is -2.46. The summed E-state index contributed by atoms with van der Waals surface area (Å²) in [6.45, 7) is 1.40. The number of nitrogens with two attached hydrogens (primary N) is 1. The van der Waals surface area contributed by atoms with Gasteiger partial charge in [-0.15, -0.1) is 0 Å². The molecule has 0 aromatic heterocycles. The van der Waals surface area contributed by atoms with Crippen LogP contribution in [0.4, 0.5) is 5.69 Å². The summed E-state index contributed by atoms with van der Waals surface area (Å²) < 4.78 is 5.55. The van der Waals surface area contributed by atoms with Crippen molar-refractivity contribution in [3.8, 4) is 0 Å². The third-order valence-corrected chi connectivity index (χ3v) is 3.91. The number of fused-ring (bicyclic) bond motifs is 1. The first-order chi connectivity index (χ1) is 9.24. The zero-order chi connectivity index (χ0) is 13.2. The van der Waals surface area contributed by atoms with Gasteiger partial charge in [0.1, 0.15) is 0 Å². The number of ether oxygens (including phenoxy) is 1. The summed E-state index contributed by atoms with van der Waals surface area (Å²) in [6.07, 6.45) is 3.47. The van der Waals surface area contributed by atoms with Gasteiger partial charge >= 0.3 is 0 Å². The highest BCUT2D eigenvalue weighted by atomic mass is 16.5. The van der Waals surface area contributed by atoms with Crippen LogP contribution in [0.15, 0.2) is 24.3 Å². The van der Waals surface area contributed by atoms with Gasteiger partial charge in [0.05, 0.1) is 12.5 Å². The van der Waals surface area contributed by atoms with E-state index in [-0.39, 0.29) is 18.1 Å². The molecule has 2 heterocycles. The van der Waals surface area contributed by atoms with Crippen molar-refractivity contribution in [2.75, 3.05) is 18.1 Å². The second-order valence-electron chi connectivity index (χ2n) is 5.44. The summed E-state index contributed by atoms with van der Waals surface area (Å²) in [4.78, 5) is 14.3. The van der Waals surface area contributed by atoms with E-state index in [0.29, 0.717) is 13.0 Å². The van der Waals surface area contributed by atoms with Crippen LogP contribution in [0.3, 0.4) is 0 Å². The molecular weight excluding hydrogens is 240 g/mol. The smallest absolute Gasteiger partial charge is 0.229 e. The molecule has 2 unspecified atom stereocenters. The molecule has 4 nitrogen and oxygen atoms in total. The Balaban J connectivity index is 1.78. The molecule has 0 bridgehead atoms. The number of hydrogen-bond acceptors (Lipinski definition) is 3. The Morgan fingerprint density at radius 1 is 1.42 bits per heavy atom. The van der Waals surface area contributed by atoms with Gasteiger partial charge in [-0.2, -0.15) is 0 Å². The second kappa shape index (κ2) is 5.31. The molecule has 102 valence electrons. The van der Waals surface area contributed by atoms with Gasteiger partial charge in [-0.05, 0) is 30.9 Å². The minimum Gasteiger partial charge on any atom is -0.378 e. The van der Waals surface area contributed by atoms with E-state index in [1.54, 1.807) is 0 Å². The van der Waals surface area contributed by atoms with E-state index in [2.05, 4.69) is 6.07 Å². The van der Waals surface area contributed by atoms with Crippen LogP contribution in [0.2, 0.25) is 0 Å². The Hall–Kier alpha value is -1.39. The third-order valence-electron chi connectivity index (χ3n) is 3.91. The predicted molar refractivity (Wildman–Crippen MR) is 74.1 cm³/mol. The van der Waals surface area contributed by atoms with Crippen LogP contribution in [-0.4, -0.2) is 31.2 Å². The number of nitrogens with zero attached hydrogens (tertiary/aromatic N) is 1. The van der Waals surface area contributed by atoms with Crippen LogP contribution in [0.25, 0.3) is 0 Å². The number of para-hydroxylation sites is 1. The monoisotopic (exact) mass is 260 g/mol. The normalized spacial score (nSPS) is 26.3. The third kappa shape index (κ3) is 2.65. The van der Waals surface area contributed by atoms with Crippen LogP contribution in [0, 0.1) is 0 Å². The van der Waals surface area contributed by atoms with Gasteiger partial charge in [0.25, 0.3) is 0 Å². The molecule has 0 aliphatic carbocycles. The van der Waals surface area contributed by atoms with Crippen molar-refractivity contribution in [2.24, 2.45) is 5.73 Å². The van der Waals surface area contributed by atoms with Crippen LogP contribution in [0.1, 0.15) is 24.8 Å². The molecule has 1 aromatic rings. The van der Waals surface area contributed by atoms with Crippen molar-refractivity contribution >= 4 is 11.6 Å². The lowest BCUT2D eigenvalue weighted by Gasteiger charge is -2.33. The maximum Gasteiger partial charge on any atom is 0.229 e. The Labute approximate surface area is 113 Å². The molecule has 0 saturated carbocycles. The topological polar surface area (TPSA) is 55.6 Å². The van der Waals surface area contributed by atoms with Gasteiger partial charge in [-0.25, -0.2) is 0 Å². The summed E-state index contributed by atoms with van der Waals surface area (Å²) in [5, 5.41) is 0. The van der Waals surface area contributed by atoms with Gasteiger partial charge < -0.3 is 15.4 Å². The Kier molecular flexibility index (Phi) is 3.53. The number of carbonyl (C=O) groups is 1. The van der Waals surface area contributed by atoms with E-state index in [1.165, 1.54) is 5.56 Å². The minimum atomic E-state index is 0.0309. The summed E-state index contributed by atoms with van der Waals surface area (Å²) in [7, 11) is 0. The summed E-state index contributed by atoms with van der Waals surface area (Å²) in [5.41, 5.74) is 8.25. The van der Waals surface area contributed by atoms with Crippen LogP contribution in [-0.2, 0) is 16.0 Å². The van der Waals surface area contributed by atoms with E-state index < -0.39 is 0 Å². The van der Waals surface area contributed by atoms with Crippen molar-refractivity contribution in [3.05, 3.63) is 29.8 Å². The zero-order valence-corrected chi connectivity index (χ0v) is 11.0. The molecule has 4 heteroatoms. The first kappa shape index (κ1) is 12.6. The molecule has 0 radical (unpaired) electrons. The molecule has 2 N–H and O–H groups in total. The van der Waals surface area contributed by atoms with E-state index in [1.807, 2.05) is 23.1 Å². The molecular formula is C15H20N2O2. The largest absolute Gasteiger partial charge is 0.378 e. The van der Waals surface area contributed by atoms with Gasteiger partial charge in [0.2, 0.25) is 5.91 Å². The van der Waals surface area contributed by atoms with Crippen LogP contribution >= 0.6 is 0 Å². The number of amides is 1. The van der Waals surface area contributed by atoms with Crippen LogP contribution in [0.5, 0.6) is 0 Å². The van der Waals surface area contributed by atoms with E-state index in [0.717, 1.165) is 31.6 Å². The van der Waals surface area contributed by atoms with Crippen molar-refractivity contribution in [1.29, 1.82) is 0 Å². The molecule has 1 saturated heterocycles. The van der Waals surface area contributed by atoms with E-state index in [9.17, 15) is 4.79 Å². The Morgan fingerprint density at radius 2 is 2.26 bits per heavy atom. The lowest BCUT2D eigenvalue weighted by atomic mass is 9.98. The number of hydrogen-bond donors (Lipinski definition) is 1. The fourth-order valence-corrected chi connectivity index (χ4v) is 2.97. The molecule has 1 amide bonds. The molecule has 2 aliphatic rings. The van der Waals surface area contributed by atoms with Crippen LogP contribution < -0.4 is 10.6 Å². The highest BCUT2D eigenvalue weighted by Gasteiger charge is 2.29. The Bertz CT molecular complexity index is 469. The van der Waals surface area contributed by atoms with Gasteiger partial charge in [-0.1, -0.05) is 18.2 Å². The minimum absolute atomic E-state index is 0.0309. The Morgan fingerprint density at radius 3 is 3.05 bits per heavy atom. The number of benzene rings is 1. The molecule has 3 rings (SSSR count). The second-order valence-corrected chi connectivity index (χ2v) is 5.44. The molecule has 0 spiro atoms. The van der Waals surface area contributed by atoms with Crippen molar-refractivity contribution in [2.45, 2.75) is 37.8 Å². The molecule has 2 atom stereocenters. The maximum atomic E-state index is 12.5. The maximum absolute atomic E-state index is 12.5. The average molecular weight is 260 g/mol. The summed E-state index contributed by atoms with van der Waals surface area (Å²) >= 11 is 0. The summed E-state index contributed by atoms with van der Waals surface area (Å²) in [6, 6.07) is 8.07. The molecule has 1 fully saturated rings. The van der Waals surface area contributed by atoms with Crippen molar-refractivity contribution in [3.63, 3.8) is 0 Å². The highest BCUT2D eigenvalue weighted by molar-refractivity contribution is 5.95. The van der Waals surface area contributed by atoms with Gasteiger partial charge in [0, 0.05) is 24.9 Å². The number of rotatable bonds is 2. The fraction of sp³-hybridized carbons (Fsp3) is 0.533. The quantitative estimate of drug-likeness (QED) is 0.876. The van der Waals surface area contributed by atoms with Crippen molar-refractivity contribution in [1.82, 2.24) is 0 Å². The van der Waals surface area contributed by atoms with E-state index >= 15 is 0 Å². The highest BCUT2D eigenvalue weighted by Crippen LogP contribution is 2.28. The fourth-order valence-electron chi connectivity index (χ4n) is 2.97. The summed E-state index contributed by atoms with van der Waals surface area (Å²) in [5.74, 6) is 0.134. The van der Waals surface area contributed by atoms with Crippen molar-refractivity contribution < 1.29 is 9.53 Å². The molecule has 19 heavy (non-hydrogen) atoms. The van der Waals surface area contributed by atoms with Gasteiger partial charge in [-0.3, -0.25) is 4.79 Å². The first-order valence-electron chi connectivity index (χ1n) is 6.99. The predicted octanol–water partition coefficient (Wildman–Crippen LogP) is 1.47. The average Bonchev–Trinajstić information content (AvgIpc) is 2.90. The molecule has 2 aliphatic heterocycles. The number of anilines is 1. The van der Waals surface area contributed by atoms with Gasteiger partial charge in [0.15, 0.2) is 0 Å². The SMILES string of the molecule is NC1Cc2ccccc2N(C(=O)CC2CCCO2)C1. The lowest BCUT2D eigenvalue weighted by molar-refractivity contribution is -0.120. The zero-order valence-electron chi connectivity index (χ0n) is 11.0. The van der Waals surface area contributed by atoms with E-state index in [4.69, 9.17) is 10.5 Å². The molecule has 1 aromatic carbocycles.